The van der Waals surface area contributed by atoms with Crippen LogP contribution >= 0.6 is 11.6 Å². The number of halogens is 1. The quantitative estimate of drug-likeness (QED) is 0.737. The van der Waals surface area contributed by atoms with Gasteiger partial charge >= 0.3 is 6.03 Å². The number of hydrogen-bond donors (Lipinski definition) is 3. The number of anilines is 1. The molecular formula is C20H23ClN4O2. The largest absolute Gasteiger partial charge is 0.351 e. The van der Waals surface area contributed by atoms with E-state index < -0.39 is 6.03 Å². The summed E-state index contributed by atoms with van der Waals surface area (Å²) >= 11 is 5.93. The molecule has 2 aromatic carbocycles. The molecule has 0 bridgehead atoms. The van der Waals surface area contributed by atoms with Crippen molar-refractivity contribution in [2.45, 2.75) is 25.4 Å². The number of amides is 3. The number of hydrogen-bond acceptors (Lipinski definition) is 3. The van der Waals surface area contributed by atoms with E-state index in [1.165, 1.54) is 5.56 Å². The monoisotopic (exact) mass is 386 g/mol. The summed E-state index contributed by atoms with van der Waals surface area (Å²) in [5, 5.41) is 6.31. The number of piperidine rings is 1. The van der Waals surface area contributed by atoms with E-state index in [4.69, 9.17) is 17.3 Å². The average Bonchev–Trinajstić information content (AvgIpc) is 2.65. The van der Waals surface area contributed by atoms with Gasteiger partial charge < -0.3 is 16.4 Å². The fourth-order valence-electron chi connectivity index (χ4n) is 3.23. The smallest absolute Gasteiger partial charge is 0.316 e. The van der Waals surface area contributed by atoms with Crippen LogP contribution in [0, 0.1) is 0 Å². The van der Waals surface area contributed by atoms with Crippen molar-refractivity contribution < 1.29 is 9.59 Å². The van der Waals surface area contributed by atoms with Crippen molar-refractivity contribution in [3.63, 3.8) is 0 Å². The van der Waals surface area contributed by atoms with Crippen LogP contribution in [0.2, 0.25) is 5.02 Å². The van der Waals surface area contributed by atoms with E-state index in [0.717, 1.165) is 37.5 Å². The fraction of sp³-hybridized carbons (Fsp3) is 0.300. The fourth-order valence-corrected chi connectivity index (χ4v) is 3.36. The standard InChI is InChI=1S/C20H23ClN4O2/c21-16-6-4-14(5-7-16)13-25-10-8-17(9-11-25)23-19(26)15-2-1-3-18(12-15)24-20(22)27/h1-7,12,17H,8-11,13H2,(H,23,26)(H3,22,24,27). The predicted octanol–water partition coefficient (Wildman–Crippen LogP) is 3.23. The Morgan fingerprint density at radius 1 is 1.11 bits per heavy atom. The predicted molar refractivity (Wildman–Crippen MR) is 107 cm³/mol. The summed E-state index contributed by atoms with van der Waals surface area (Å²) in [5.74, 6) is -0.140. The Kier molecular flexibility index (Phi) is 6.32. The van der Waals surface area contributed by atoms with Crippen molar-refractivity contribution in [1.82, 2.24) is 10.2 Å². The van der Waals surface area contributed by atoms with Crippen LogP contribution in [0.1, 0.15) is 28.8 Å². The maximum atomic E-state index is 12.5. The molecule has 142 valence electrons. The number of primary amides is 1. The number of nitrogens with two attached hydrogens (primary N) is 1. The van der Waals surface area contributed by atoms with Crippen LogP contribution in [0.5, 0.6) is 0 Å². The molecule has 1 aliphatic rings. The van der Waals surface area contributed by atoms with E-state index in [2.05, 4.69) is 15.5 Å². The molecule has 0 aliphatic carbocycles. The molecule has 0 atom stereocenters. The normalized spacial score (nSPS) is 15.3. The minimum absolute atomic E-state index is 0.140. The molecule has 3 rings (SSSR count). The second kappa shape index (κ2) is 8.88. The van der Waals surface area contributed by atoms with E-state index in [-0.39, 0.29) is 11.9 Å². The van der Waals surface area contributed by atoms with Crippen LogP contribution in [-0.2, 0) is 6.54 Å². The van der Waals surface area contributed by atoms with Crippen LogP contribution in [0.4, 0.5) is 10.5 Å². The molecular weight excluding hydrogens is 364 g/mol. The van der Waals surface area contributed by atoms with Gasteiger partial charge in [-0.2, -0.15) is 0 Å². The Balaban J connectivity index is 1.49. The average molecular weight is 387 g/mol. The van der Waals surface area contributed by atoms with E-state index in [0.29, 0.717) is 11.3 Å². The first-order valence-electron chi connectivity index (χ1n) is 8.94. The molecule has 3 amide bonds. The Morgan fingerprint density at radius 3 is 2.48 bits per heavy atom. The van der Waals surface area contributed by atoms with Crippen molar-refractivity contribution in [3.05, 3.63) is 64.7 Å². The lowest BCUT2D eigenvalue weighted by molar-refractivity contribution is 0.0909. The molecule has 1 fully saturated rings. The summed E-state index contributed by atoms with van der Waals surface area (Å²) in [7, 11) is 0. The number of carbonyl (C=O) groups excluding carboxylic acids is 2. The Labute approximate surface area is 163 Å². The first-order valence-corrected chi connectivity index (χ1v) is 9.31. The van der Waals surface area contributed by atoms with Gasteiger partial charge in [0.2, 0.25) is 0 Å². The van der Waals surface area contributed by atoms with Gasteiger partial charge in [-0.05, 0) is 48.7 Å². The zero-order valence-electron chi connectivity index (χ0n) is 15.0. The second-order valence-corrected chi connectivity index (χ2v) is 7.16. The molecule has 7 heteroatoms. The van der Waals surface area contributed by atoms with Gasteiger partial charge in [-0.15, -0.1) is 0 Å². The maximum Gasteiger partial charge on any atom is 0.316 e. The first kappa shape index (κ1) is 19.2. The van der Waals surface area contributed by atoms with Gasteiger partial charge in [0, 0.05) is 41.9 Å². The highest BCUT2D eigenvalue weighted by Crippen LogP contribution is 2.17. The van der Waals surface area contributed by atoms with Crippen molar-refractivity contribution >= 4 is 29.2 Å². The molecule has 0 spiro atoms. The lowest BCUT2D eigenvalue weighted by Crippen LogP contribution is -2.44. The molecule has 1 aliphatic heterocycles. The van der Waals surface area contributed by atoms with Gasteiger partial charge in [-0.25, -0.2) is 4.79 Å². The van der Waals surface area contributed by atoms with Gasteiger partial charge in [-0.1, -0.05) is 29.8 Å². The molecule has 0 aromatic heterocycles. The number of benzene rings is 2. The second-order valence-electron chi connectivity index (χ2n) is 6.72. The number of rotatable bonds is 5. The zero-order valence-corrected chi connectivity index (χ0v) is 15.7. The lowest BCUT2D eigenvalue weighted by Gasteiger charge is -2.32. The Hall–Kier alpha value is -2.57. The topological polar surface area (TPSA) is 87.5 Å². The minimum Gasteiger partial charge on any atom is -0.351 e. The Bertz CT molecular complexity index is 802. The number of likely N-dealkylation sites (tertiary alicyclic amines) is 1. The Morgan fingerprint density at radius 2 is 1.81 bits per heavy atom. The third-order valence-corrected chi connectivity index (χ3v) is 4.89. The van der Waals surface area contributed by atoms with E-state index >= 15 is 0 Å². The highest BCUT2D eigenvalue weighted by atomic mass is 35.5. The van der Waals surface area contributed by atoms with Crippen molar-refractivity contribution in [2.75, 3.05) is 18.4 Å². The van der Waals surface area contributed by atoms with Gasteiger partial charge in [0.15, 0.2) is 0 Å². The summed E-state index contributed by atoms with van der Waals surface area (Å²) in [6, 6.07) is 14.1. The lowest BCUT2D eigenvalue weighted by atomic mass is 10.0. The molecule has 0 saturated carbocycles. The van der Waals surface area contributed by atoms with E-state index in [1.807, 2.05) is 24.3 Å². The van der Waals surface area contributed by atoms with Gasteiger partial charge in [0.25, 0.3) is 5.91 Å². The molecule has 6 nitrogen and oxygen atoms in total. The first-order chi connectivity index (χ1) is 13.0. The molecule has 4 N–H and O–H groups in total. The van der Waals surface area contributed by atoms with Crippen LogP contribution in [0.15, 0.2) is 48.5 Å². The summed E-state index contributed by atoms with van der Waals surface area (Å²) < 4.78 is 0. The van der Waals surface area contributed by atoms with E-state index in [1.54, 1.807) is 24.3 Å². The highest BCUT2D eigenvalue weighted by molar-refractivity contribution is 6.30. The van der Waals surface area contributed by atoms with Crippen molar-refractivity contribution in [3.8, 4) is 0 Å². The zero-order chi connectivity index (χ0) is 19.2. The van der Waals surface area contributed by atoms with E-state index in [9.17, 15) is 9.59 Å². The number of nitrogens with one attached hydrogen (secondary N) is 2. The van der Waals surface area contributed by atoms with Crippen LogP contribution in [-0.4, -0.2) is 36.0 Å². The number of carbonyl (C=O) groups is 2. The summed E-state index contributed by atoms with van der Waals surface area (Å²) in [6.45, 7) is 2.74. The van der Waals surface area contributed by atoms with Crippen LogP contribution in [0.25, 0.3) is 0 Å². The van der Waals surface area contributed by atoms with Gasteiger partial charge in [-0.3, -0.25) is 9.69 Å². The van der Waals surface area contributed by atoms with Crippen LogP contribution in [0.3, 0.4) is 0 Å². The van der Waals surface area contributed by atoms with Crippen molar-refractivity contribution in [2.24, 2.45) is 5.73 Å². The highest BCUT2D eigenvalue weighted by Gasteiger charge is 2.21. The minimum atomic E-state index is -0.652. The summed E-state index contributed by atoms with van der Waals surface area (Å²) in [6.07, 6.45) is 1.80. The molecule has 1 heterocycles. The summed E-state index contributed by atoms with van der Waals surface area (Å²) in [5.41, 5.74) is 7.36. The third kappa shape index (κ3) is 5.70. The molecule has 1 saturated heterocycles. The van der Waals surface area contributed by atoms with Crippen molar-refractivity contribution in [1.29, 1.82) is 0 Å². The third-order valence-electron chi connectivity index (χ3n) is 4.63. The van der Waals surface area contributed by atoms with Gasteiger partial charge in [0.05, 0.1) is 0 Å². The molecule has 0 radical (unpaired) electrons. The maximum absolute atomic E-state index is 12.5. The summed E-state index contributed by atoms with van der Waals surface area (Å²) in [4.78, 5) is 25.8. The van der Waals surface area contributed by atoms with Gasteiger partial charge in [0.1, 0.15) is 0 Å². The SMILES string of the molecule is NC(=O)Nc1cccc(C(=O)NC2CCN(Cc3ccc(Cl)cc3)CC2)c1. The number of urea groups is 1. The number of nitrogens with zero attached hydrogens (tertiary/aromatic N) is 1. The molecule has 2 aromatic rings. The van der Waals surface area contributed by atoms with Crippen LogP contribution < -0.4 is 16.4 Å². The molecule has 27 heavy (non-hydrogen) atoms. The molecule has 0 unspecified atom stereocenters.